The zero-order valence-corrected chi connectivity index (χ0v) is 61.6. The Labute approximate surface area is 707 Å². The van der Waals surface area contributed by atoms with Crippen LogP contribution in [0.5, 0.6) is 0 Å². The first kappa shape index (κ1) is 109. The van der Waals surface area contributed by atoms with E-state index in [1.807, 2.05) is 37.3 Å². The molecule has 0 aromatic heterocycles. The summed E-state index contributed by atoms with van der Waals surface area (Å²) in [6.07, 6.45) is -10.4. The summed E-state index contributed by atoms with van der Waals surface area (Å²) >= 11 is 0. The van der Waals surface area contributed by atoms with Gasteiger partial charge in [-0.2, -0.15) is 17.7 Å². The van der Waals surface area contributed by atoms with Crippen molar-refractivity contribution in [3.05, 3.63) is 42.5 Å². The molecule has 96 heavy (non-hydrogen) atoms. The summed E-state index contributed by atoms with van der Waals surface area (Å²) in [6, 6.07) is 5.20. The van der Waals surface area contributed by atoms with Crippen molar-refractivity contribution < 1.29 is 353 Å². The second kappa shape index (κ2) is 60.0. The summed E-state index contributed by atoms with van der Waals surface area (Å²) in [5.41, 5.74) is 9.79. The molecule has 9 N–H and O–H groups in total. The Bertz CT molecular complexity index is 2270. The zero-order chi connectivity index (χ0) is 70.8. The standard InChI is InChI=1S/3C14H23N3O10.C9H11O.5Gd/c3*15-1-2-16-8(3-9(18)19)14(4-10(20)21,5-11(22)23)17(6-12(24)25)7-13(26)27;1-2-10-8-9-6-4-3-5-7-9;;;;;/h3*8,16H,1-7,15H2,(H,18,19)(H,20,21)(H,22,23)(H,24,25)(H,26,27);3-8H,2H2,1H3;;;;;/q;;;-1;5*+3/p-15. The third kappa shape index (κ3) is 49.0. The van der Waals surface area contributed by atoms with Crippen molar-refractivity contribution >= 4 is 89.5 Å². The quantitative estimate of drug-likeness (QED) is 0.0330. The summed E-state index contributed by atoms with van der Waals surface area (Å²) in [5.74, 6) is -27.8. The predicted octanol–water partition coefficient (Wildman–Crippen LogP) is -25.2. The van der Waals surface area contributed by atoms with E-state index in [0.717, 1.165) is 12.2 Å². The van der Waals surface area contributed by atoms with Gasteiger partial charge in [-0.15, -0.1) is 12.1 Å². The number of hydrogen-bond acceptors (Lipinski definition) is 40. The maximum atomic E-state index is 11.2. The Balaban J connectivity index is -0.000000183. The summed E-state index contributed by atoms with van der Waals surface area (Å²) in [7, 11) is 0. The fourth-order valence-electron chi connectivity index (χ4n) is 9.15. The van der Waals surface area contributed by atoms with E-state index in [9.17, 15) is 149 Å². The van der Waals surface area contributed by atoms with Crippen molar-refractivity contribution in [3.8, 4) is 0 Å². The van der Waals surface area contributed by atoms with E-state index in [0.29, 0.717) is 14.7 Å². The first-order chi connectivity index (χ1) is 42.2. The Morgan fingerprint density at radius 3 is 0.708 bits per heavy atom. The molecule has 1 aromatic rings. The number of carbonyl (C=O) groups excluding carboxylic acids is 15. The van der Waals surface area contributed by atoms with Crippen molar-refractivity contribution in [2.75, 3.05) is 85.1 Å². The number of nitrogens with two attached hydrogens (primary N) is 3. The van der Waals surface area contributed by atoms with Crippen LogP contribution in [-0.4, -0.2) is 224 Å². The predicted molar refractivity (Wildman–Crippen MR) is 264 cm³/mol. The minimum absolute atomic E-state index is 0. The van der Waals surface area contributed by atoms with Gasteiger partial charge < -0.3 is 186 Å². The second-order valence-corrected chi connectivity index (χ2v) is 19.0. The smallest absolute Gasteiger partial charge is 0.550 e. The van der Waals surface area contributed by atoms with Crippen LogP contribution in [0, 0.1) is 206 Å². The third-order valence-electron chi connectivity index (χ3n) is 12.4. The van der Waals surface area contributed by atoms with Crippen molar-refractivity contribution in [1.82, 2.24) is 30.7 Å². The molecule has 0 heterocycles. The maximum Gasteiger partial charge on any atom is 3.00 e. The van der Waals surface area contributed by atoms with Gasteiger partial charge in [0.1, 0.15) is 0 Å². The summed E-state index contributed by atoms with van der Waals surface area (Å²) in [4.78, 5) is 168. The van der Waals surface area contributed by atoms with Crippen LogP contribution >= 0.6 is 0 Å². The topological polar surface area (TPSA) is 735 Å². The molecule has 45 heteroatoms. The normalized spacial score (nSPS) is 11.5. The van der Waals surface area contributed by atoms with E-state index in [2.05, 4.69) is 16.0 Å². The van der Waals surface area contributed by atoms with Gasteiger partial charge >= 0.3 is 200 Å². The van der Waals surface area contributed by atoms with E-state index in [-0.39, 0.29) is 239 Å². The van der Waals surface area contributed by atoms with Gasteiger partial charge in [-0.1, -0.05) is 12.7 Å². The number of ether oxygens (including phenoxy) is 1. The molecule has 40 nitrogen and oxygen atoms in total. The van der Waals surface area contributed by atoms with Crippen molar-refractivity contribution in [1.29, 1.82) is 0 Å². The summed E-state index contributed by atoms with van der Waals surface area (Å²) < 4.78 is 5.09. The van der Waals surface area contributed by atoms with Crippen LogP contribution in [0.2, 0.25) is 0 Å². The average molecular weight is 2090 g/mol. The van der Waals surface area contributed by atoms with E-state index >= 15 is 0 Å². The van der Waals surface area contributed by atoms with E-state index in [4.69, 9.17) is 21.9 Å². The molecule has 541 valence electrons. The molecular formula is C51H65Gd5N9O31-. The molecule has 0 bridgehead atoms. The Morgan fingerprint density at radius 1 is 0.365 bits per heavy atom. The van der Waals surface area contributed by atoms with Gasteiger partial charge in [0.2, 0.25) is 0 Å². The molecular weight excluding hydrogens is 2020 g/mol. The summed E-state index contributed by atoms with van der Waals surface area (Å²) in [6.45, 7) is -3.60. The van der Waals surface area contributed by atoms with Gasteiger partial charge in [-0.05, 0) is 6.92 Å². The van der Waals surface area contributed by atoms with Crippen molar-refractivity contribution in [2.24, 2.45) is 17.2 Å². The number of nitrogens with one attached hydrogen (secondary N) is 3. The molecule has 0 fully saturated rings. The number of rotatable bonds is 48. The van der Waals surface area contributed by atoms with Crippen molar-refractivity contribution in [3.63, 3.8) is 0 Å². The minimum atomic E-state index is -2.40. The number of nitrogens with zero attached hydrogens (tertiary/aromatic N) is 3. The second-order valence-electron chi connectivity index (χ2n) is 19.0. The average Bonchev–Trinajstić information content (AvgIpc) is 0.803. The molecule has 3 unspecified atom stereocenters. The SMILES string of the molecule is CCO[CH-]c1ccccc1.NCCNC(CC(=O)[O-])C(CC(=O)[O-])(CC(=O)[O-])N(CC(=O)[O-])CC(=O)[O-].NCCNC(CC(=O)[O-])C(CC(=O)[O-])(CC(=O)[O-])N(CC(=O)[O-])CC(=O)[O-].NCCNC(CC(=O)[O-])C(CC(=O)[O-])(CC(=O)[O-])N(CC(=O)[O-])CC(=O)[O-].[Gd+3].[Gd+3].[Gd+3].[Gd+3].[Gd+3]. The molecule has 3 atom stereocenters. The Kier molecular flexibility index (Phi) is 68.3. The number of carbonyl (C=O) groups is 15. The molecule has 0 aliphatic heterocycles. The molecule has 0 aliphatic rings. The number of carboxylic acids is 15. The van der Waals surface area contributed by atoms with Gasteiger partial charge in [-0.3, -0.25) is 14.7 Å². The van der Waals surface area contributed by atoms with Crippen LogP contribution < -0.4 is 110 Å². The zero-order valence-electron chi connectivity index (χ0n) is 50.2. The number of carboxylic acid groups (broad SMARTS) is 15. The number of aliphatic carboxylic acids is 15. The Hall–Kier alpha value is -2.64. The van der Waals surface area contributed by atoms with Gasteiger partial charge in [0, 0.05) is 231 Å². The molecule has 5 radical (unpaired) electrons. The van der Waals surface area contributed by atoms with Gasteiger partial charge in [0.25, 0.3) is 0 Å². The van der Waals surface area contributed by atoms with Gasteiger partial charge in [-0.25, -0.2) is 0 Å². The van der Waals surface area contributed by atoms with Crippen LogP contribution in [0.3, 0.4) is 0 Å². The van der Waals surface area contributed by atoms with E-state index in [1.54, 1.807) is 6.61 Å². The minimum Gasteiger partial charge on any atom is -0.550 e. The molecule has 1 rings (SSSR count). The monoisotopic (exact) mass is 2090 g/mol. The third-order valence-corrected chi connectivity index (χ3v) is 12.4. The van der Waals surface area contributed by atoms with Crippen LogP contribution in [-0.2, 0) is 76.7 Å². The molecule has 0 saturated heterocycles. The molecule has 0 aliphatic carbocycles. The first-order valence-electron chi connectivity index (χ1n) is 26.3. The fraction of sp³-hybridized carbons (Fsp3) is 0.569. The number of benzene rings is 1. The van der Waals surface area contributed by atoms with E-state index in [1.165, 1.54) is 0 Å². The molecule has 0 saturated carbocycles. The largest absolute Gasteiger partial charge is 3.00 e. The molecule has 1 aromatic carbocycles. The fourth-order valence-corrected chi connectivity index (χ4v) is 9.15. The van der Waals surface area contributed by atoms with Crippen LogP contribution in [0.25, 0.3) is 0 Å². The van der Waals surface area contributed by atoms with Crippen LogP contribution in [0.4, 0.5) is 0 Å². The first-order valence-corrected chi connectivity index (χ1v) is 26.3. The van der Waals surface area contributed by atoms with Gasteiger partial charge in [0.15, 0.2) is 0 Å². The number of hydrogen-bond donors (Lipinski definition) is 6. The summed E-state index contributed by atoms with van der Waals surface area (Å²) in [5, 5.41) is 174. The van der Waals surface area contributed by atoms with Gasteiger partial charge in [0.05, 0.1) is 35.8 Å². The molecule has 0 amide bonds. The molecule has 0 spiro atoms. The maximum absolute atomic E-state index is 11.2. The Morgan fingerprint density at radius 2 is 0.562 bits per heavy atom. The van der Waals surface area contributed by atoms with Crippen molar-refractivity contribution in [2.45, 2.75) is 99.5 Å². The van der Waals surface area contributed by atoms with Crippen LogP contribution in [0.15, 0.2) is 30.3 Å². The van der Waals surface area contributed by atoms with Crippen LogP contribution in [0.1, 0.15) is 70.3 Å². The van der Waals surface area contributed by atoms with E-state index < -0.39 is 221 Å².